The summed E-state index contributed by atoms with van der Waals surface area (Å²) in [6.07, 6.45) is 1.17. The van der Waals surface area contributed by atoms with E-state index in [4.69, 9.17) is 18.9 Å². The van der Waals surface area contributed by atoms with Crippen molar-refractivity contribution in [3.8, 4) is 23.0 Å². The van der Waals surface area contributed by atoms with Gasteiger partial charge in [0.05, 0.1) is 12.0 Å². The Morgan fingerprint density at radius 2 is 1.70 bits per heavy atom. The number of hydrogen-bond donors (Lipinski definition) is 0. The van der Waals surface area contributed by atoms with Crippen LogP contribution in [0, 0.1) is 0 Å². The highest BCUT2D eigenvalue weighted by Gasteiger charge is 2.31. The number of piperidine rings is 1. The van der Waals surface area contributed by atoms with Gasteiger partial charge in [-0.3, -0.25) is 0 Å². The number of methoxy groups -OCH3 is 1. The van der Waals surface area contributed by atoms with E-state index in [1.807, 2.05) is 24.3 Å². The Morgan fingerprint density at radius 3 is 2.44 bits per heavy atom. The van der Waals surface area contributed by atoms with Crippen molar-refractivity contribution in [2.45, 2.75) is 23.8 Å². The van der Waals surface area contributed by atoms with Gasteiger partial charge in [-0.2, -0.15) is 4.31 Å². The molecule has 7 nitrogen and oxygen atoms in total. The second kappa shape index (κ2) is 7.28. The van der Waals surface area contributed by atoms with Crippen molar-refractivity contribution in [1.29, 1.82) is 0 Å². The number of hydrogen-bond acceptors (Lipinski definition) is 6. The normalized spacial score (nSPS) is 17.7. The minimum absolute atomic E-state index is 0.0514. The van der Waals surface area contributed by atoms with Crippen LogP contribution in [0.3, 0.4) is 0 Å². The topological polar surface area (TPSA) is 74.3 Å². The van der Waals surface area contributed by atoms with E-state index in [-0.39, 0.29) is 17.8 Å². The number of ether oxygens (including phenoxy) is 4. The Hall–Kier alpha value is -2.45. The molecule has 0 radical (unpaired) electrons. The molecule has 0 saturated carbocycles. The van der Waals surface area contributed by atoms with Gasteiger partial charge in [0.15, 0.2) is 23.0 Å². The average molecular weight is 391 g/mol. The van der Waals surface area contributed by atoms with Gasteiger partial charge < -0.3 is 18.9 Å². The van der Waals surface area contributed by atoms with Crippen LogP contribution in [0.4, 0.5) is 0 Å². The van der Waals surface area contributed by atoms with Gasteiger partial charge in [-0.25, -0.2) is 8.42 Å². The molecule has 0 spiro atoms. The van der Waals surface area contributed by atoms with E-state index in [1.165, 1.54) is 10.4 Å². The number of para-hydroxylation sites is 2. The van der Waals surface area contributed by atoms with Crippen molar-refractivity contribution in [3.63, 3.8) is 0 Å². The van der Waals surface area contributed by atoms with Gasteiger partial charge in [-0.05, 0) is 37.1 Å². The van der Waals surface area contributed by atoms with Crippen LogP contribution in [-0.4, -0.2) is 45.8 Å². The van der Waals surface area contributed by atoms with Crippen molar-refractivity contribution in [2.75, 3.05) is 27.0 Å². The van der Waals surface area contributed by atoms with E-state index < -0.39 is 10.0 Å². The summed E-state index contributed by atoms with van der Waals surface area (Å²) in [6.45, 7) is 0.914. The number of sulfonamides is 1. The summed E-state index contributed by atoms with van der Waals surface area (Å²) >= 11 is 0. The van der Waals surface area contributed by atoms with E-state index in [0.29, 0.717) is 48.9 Å². The molecule has 0 N–H and O–H groups in total. The number of nitrogens with zero attached hydrogens (tertiary/aromatic N) is 1. The Labute approximate surface area is 158 Å². The van der Waals surface area contributed by atoms with Gasteiger partial charge in [-0.15, -0.1) is 0 Å². The predicted molar refractivity (Wildman–Crippen MR) is 98.0 cm³/mol. The lowest BCUT2D eigenvalue weighted by Gasteiger charge is -2.31. The van der Waals surface area contributed by atoms with Crippen LogP contribution >= 0.6 is 0 Å². The van der Waals surface area contributed by atoms with Crippen LogP contribution in [-0.2, 0) is 10.0 Å². The highest BCUT2D eigenvalue weighted by molar-refractivity contribution is 7.89. The van der Waals surface area contributed by atoms with Crippen molar-refractivity contribution in [3.05, 3.63) is 42.5 Å². The molecule has 0 aliphatic carbocycles. The molecule has 0 unspecified atom stereocenters. The molecule has 0 atom stereocenters. The smallest absolute Gasteiger partial charge is 0.243 e. The zero-order chi connectivity index (χ0) is 18.9. The quantitative estimate of drug-likeness (QED) is 0.780. The van der Waals surface area contributed by atoms with Crippen molar-refractivity contribution < 1.29 is 27.4 Å². The molecule has 0 bridgehead atoms. The fraction of sp³-hybridized carbons (Fsp3) is 0.368. The zero-order valence-electron chi connectivity index (χ0n) is 15.0. The third-order valence-corrected chi connectivity index (χ3v) is 6.64. The lowest BCUT2D eigenvalue weighted by Crippen LogP contribution is -2.41. The SMILES string of the molecule is COc1ccccc1OC1CCN(S(=O)(=O)c2ccc3c(c2)OCO3)CC1. The number of rotatable bonds is 5. The van der Waals surface area contributed by atoms with Gasteiger partial charge in [0, 0.05) is 19.2 Å². The Morgan fingerprint density at radius 1 is 1.00 bits per heavy atom. The number of fused-ring (bicyclic) bond motifs is 1. The van der Waals surface area contributed by atoms with E-state index in [2.05, 4.69) is 0 Å². The summed E-state index contributed by atoms with van der Waals surface area (Å²) in [7, 11) is -1.98. The molecule has 2 aromatic rings. The highest BCUT2D eigenvalue weighted by atomic mass is 32.2. The van der Waals surface area contributed by atoms with Gasteiger partial charge >= 0.3 is 0 Å². The second-order valence-corrected chi connectivity index (χ2v) is 8.33. The Bertz CT molecular complexity index is 922. The zero-order valence-corrected chi connectivity index (χ0v) is 15.8. The monoisotopic (exact) mass is 391 g/mol. The van der Waals surface area contributed by atoms with Crippen molar-refractivity contribution in [2.24, 2.45) is 0 Å². The van der Waals surface area contributed by atoms with E-state index >= 15 is 0 Å². The maximum Gasteiger partial charge on any atom is 0.243 e. The average Bonchev–Trinajstić information content (AvgIpc) is 3.17. The summed E-state index contributed by atoms with van der Waals surface area (Å²) < 4.78 is 49.2. The van der Waals surface area contributed by atoms with Crippen molar-refractivity contribution >= 4 is 10.0 Å². The van der Waals surface area contributed by atoms with E-state index in [0.717, 1.165) is 0 Å². The fourth-order valence-corrected chi connectivity index (χ4v) is 4.76. The molecule has 0 amide bonds. The molecule has 1 saturated heterocycles. The molecule has 1 fully saturated rings. The highest BCUT2D eigenvalue weighted by Crippen LogP contribution is 2.35. The molecule has 2 aliphatic rings. The minimum Gasteiger partial charge on any atom is -0.493 e. The Kier molecular flexibility index (Phi) is 4.84. The first-order chi connectivity index (χ1) is 13.1. The summed E-state index contributed by atoms with van der Waals surface area (Å²) in [4.78, 5) is 0.218. The fourth-order valence-electron chi connectivity index (χ4n) is 3.27. The van der Waals surface area contributed by atoms with Crippen LogP contribution in [0.15, 0.2) is 47.4 Å². The summed E-state index contributed by atoms with van der Waals surface area (Å²) in [5, 5.41) is 0. The van der Waals surface area contributed by atoms with Crippen LogP contribution < -0.4 is 18.9 Å². The molecule has 2 aliphatic heterocycles. The van der Waals surface area contributed by atoms with Gasteiger partial charge in [0.2, 0.25) is 16.8 Å². The Balaban J connectivity index is 1.42. The van der Waals surface area contributed by atoms with Crippen molar-refractivity contribution in [1.82, 2.24) is 4.31 Å². The molecule has 144 valence electrons. The van der Waals surface area contributed by atoms with E-state index in [1.54, 1.807) is 19.2 Å². The molecule has 27 heavy (non-hydrogen) atoms. The molecule has 2 heterocycles. The first-order valence-corrected chi connectivity index (χ1v) is 10.2. The van der Waals surface area contributed by atoms with Crippen LogP contribution in [0.5, 0.6) is 23.0 Å². The third-order valence-electron chi connectivity index (χ3n) is 4.75. The lowest BCUT2D eigenvalue weighted by atomic mass is 10.1. The maximum absolute atomic E-state index is 12.9. The summed E-state index contributed by atoms with van der Waals surface area (Å²) in [5.74, 6) is 2.38. The molecule has 2 aromatic carbocycles. The molecule has 8 heteroatoms. The molecule has 4 rings (SSSR count). The second-order valence-electron chi connectivity index (χ2n) is 6.39. The third kappa shape index (κ3) is 3.54. The van der Waals surface area contributed by atoms with Crippen LogP contribution in [0.2, 0.25) is 0 Å². The summed E-state index contributed by atoms with van der Waals surface area (Å²) in [5.41, 5.74) is 0. The van der Waals surface area contributed by atoms with Crippen LogP contribution in [0.1, 0.15) is 12.8 Å². The predicted octanol–water partition coefficient (Wildman–Crippen LogP) is 2.66. The van der Waals surface area contributed by atoms with Gasteiger partial charge in [0.25, 0.3) is 0 Å². The number of benzene rings is 2. The standard InChI is InChI=1S/C19H21NO6S/c1-23-16-4-2-3-5-18(16)26-14-8-10-20(11-9-14)27(21,22)15-6-7-17-19(12-15)25-13-24-17/h2-7,12,14H,8-11,13H2,1H3. The van der Waals surface area contributed by atoms with E-state index in [9.17, 15) is 8.42 Å². The van der Waals surface area contributed by atoms with Crippen LogP contribution in [0.25, 0.3) is 0 Å². The molecular formula is C19H21NO6S. The maximum atomic E-state index is 12.9. The first-order valence-electron chi connectivity index (χ1n) is 8.77. The minimum atomic E-state index is -3.58. The molecular weight excluding hydrogens is 370 g/mol. The largest absolute Gasteiger partial charge is 0.493 e. The molecule has 0 aromatic heterocycles. The van der Waals surface area contributed by atoms with Gasteiger partial charge in [0.1, 0.15) is 6.10 Å². The van der Waals surface area contributed by atoms with Gasteiger partial charge in [-0.1, -0.05) is 12.1 Å². The first kappa shape index (κ1) is 17.9. The summed E-state index contributed by atoms with van der Waals surface area (Å²) in [6, 6.07) is 12.2. The lowest BCUT2D eigenvalue weighted by molar-refractivity contribution is 0.131.